The Labute approximate surface area is 163 Å². The van der Waals surface area contributed by atoms with Gasteiger partial charge in [0, 0.05) is 23.6 Å². The largest absolute Gasteiger partial charge is 0.490 e. The molecule has 0 saturated heterocycles. The van der Waals surface area contributed by atoms with Crippen molar-refractivity contribution in [2.24, 2.45) is 5.92 Å². The highest BCUT2D eigenvalue weighted by Gasteiger charge is 2.14. The minimum absolute atomic E-state index is 0.238. The van der Waals surface area contributed by atoms with Crippen molar-refractivity contribution in [3.8, 4) is 5.75 Å². The van der Waals surface area contributed by atoms with E-state index in [9.17, 15) is 4.79 Å². The summed E-state index contributed by atoms with van der Waals surface area (Å²) in [5.41, 5.74) is 3.97. The van der Waals surface area contributed by atoms with Gasteiger partial charge in [-0.05, 0) is 48.6 Å². The molecular weight excluding hydrogens is 352 g/mol. The molecule has 2 N–H and O–H groups in total. The second-order valence-electron chi connectivity index (χ2n) is 7.33. The Kier molecular flexibility index (Phi) is 4.77. The van der Waals surface area contributed by atoms with Gasteiger partial charge in [-0.2, -0.15) is 4.98 Å². The number of methoxy groups -OCH3 is 1. The number of H-pyrrole nitrogens is 1. The predicted octanol–water partition coefficient (Wildman–Crippen LogP) is 4.31. The summed E-state index contributed by atoms with van der Waals surface area (Å²) in [6.07, 6.45) is 11.0. The third-order valence-corrected chi connectivity index (χ3v) is 4.97. The van der Waals surface area contributed by atoms with Gasteiger partial charge in [-0.15, -0.1) is 0 Å². The molecule has 1 aliphatic rings. The lowest BCUT2D eigenvalue weighted by Gasteiger charge is -2.20. The summed E-state index contributed by atoms with van der Waals surface area (Å²) in [7, 11) is 1.49. The number of aryl methyl sites for hydroxylation is 1. The number of benzene rings is 1. The summed E-state index contributed by atoms with van der Waals surface area (Å²) >= 11 is 0. The minimum Gasteiger partial charge on any atom is -0.490 e. The molecule has 0 amide bonds. The molecule has 1 aromatic carbocycles. The number of hydrogen-bond donors (Lipinski definition) is 2. The van der Waals surface area contributed by atoms with Crippen LogP contribution in [0.2, 0.25) is 0 Å². The molecule has 0 saturated carbocycles. The standard InChI is InChI=1S/C22H24N4O2/c1-14-5-4-6-16(9-14)12-26-13-20(28-3)21(27)25-22(26)24-19-11-15(2)10-18-17(19)7-8-23-18/h4-8,10-11,13-14,23H,9,12H2,1-3H3,(H,24,25,27). The van der Waals surface area contributed by atoms with Crippen LogP contribution in [0.5, 0.6) is 5.75 Å². The van der Waals surface area contributed by atoms with Crippen LogP contribution in [-0.2, 0) is 6.54 Å². The molecule has 0 spiro atoms. The van der Waals surface area contributed by atoms with Crippen LogP contribution in [-0.4, -0.2) is 21.6 Å². The average Bonchev–Trinajstić information content (AvgIpc) is 3.12. The zero-order valence-corrected chi connectivity index (χ0v) is 16.3. The van der Waals surface area contributed by atoms with E-state index in [1.54, 1.807) is 6.20 Å². The van der Waals surface area contributed by atoms with Crippen molar-refractivity contribution in [1.82, 2.24) is 14.5 Å². The molecule has 1 unspecified atom stereocenters. The first kappa shape index (κ1) is 18.1. The van der Waals surface area contributed by atoms with Crippen LogP contribution in [0.25, 0.3) is 10.9 Å². The molecule has 3 aromatic rings. The number of rotatable bonds is 5. The van der Waals surface area contributed by atoms with Crippen LogP contribution >= 0.6 is 0 Å². The fourth-order valence-corrected chi connectivity index (χ4v) is 3.64. The lowest BCUT2D eigenvalue weighted by Crippen LogP contribution is -2.19. The summed E-state index contributed by atoms with van der Waals surface area (Å²) < 4.78 is 7.16. The van der Waals surface area contributed by atoms with Gasteiger partial charge >= 0.3 is 5.56 Å². The van der Waals surface area contributed by atoms with E-state index in [4.69, 9.17) is 4.74 Å². The zero-order valence-electron chi connectivity index (χ0n) is 16.3. The number of nitrogens with zero attached hydrogens (tertiary/aromatic N) is 2. The molecule has 6 heteroatoms. The van der Waals surface area contributed by atoms with Crippen LogP contribution in [0.3, 0.4) is 0 Å². The van der Waals surface area contributed by atoms with Crippen molar-refractivity contribution >= 4 is 22.5 Å². The predicted molar refractivity (Wildman–Crippen MR) is 112 cm³/mol. The van der Waals surface area contributed by atoms with Gasteiger partial charge in [-0.25, -0.2) is 0 Å². The minimum atomic E-state index is -0.384. The van der Waals surface area contributed by atoms with Crippen molar-refractivity contribution in [2.45, 2.75) is 26.8 Å². The molecule has 28 heavy (non-hydrogen) atoms. The van der Waals surface area contributed by atoms with E-state index >= 15 is 0 Å². The quantitative estimate of drug-likeness (QED) is 0.696. The number of anilines is 2. The normalized spacial score (nSPS) is 16.2. The summed E-state index contributed by atoms with van der Waals surface area (Å²) in [5.74, 6) is 1.24. The van der Waals surface area contributed by atoms with Crippen LogP contribution in [0, 0.1) is 12.8 Å². The lowest BCUT2D eigenvalue weighted by atomic mass is 9.96. The van der Waals surface area contributed by atoms with Gasteiger partial charge in [-0.3, -0.25) is 4.79 Å². The molecule has 0 bridgehead atoms. The van der Waals surface area contributed by atoms with Crippen LogP contribution < -0.4 is 15.6 Å². The first-order chi connectivity index (χ1) is 13.5. The zero-order chi connectivity index (χ0) is 19.7. The van der Waals surface area contributed by atoms with Gasteiger partial charge in [0.2, 0.25) is 11.7 Å². The molecule has 2 heterocycles. The highest BCUT2D eigenvalue weighted by Crippen LogP contribution is 2.28. The second-order valence-corrected chi connectivity index (χ2v) is 7.33. The van der Waals surface area contributed by atoms with Gasteiger partial charge in [-0.1, -0.05) is 25.2 Å². The Morgan fingerprint density at radius 1 is 1.39 bits per heavy atom. The van der Waals surface area contributed by atoms with E-state index in [0.29, 0.717) is 18.4 Å². The number of ether oxygens (including phenoxy) is 1. The molecule has 1 aliphatic carbocycles. The number of fused-ring (bicyclic) bond motifs is 1. The topological polar surface area (TPSA) is 71.9 Å². The molecule has 0 fully saturated rings. The maximum atomic E-state index is 12.3. The summed E-state index contributed by atoms with van der Waals surface area (Å²) in [6.45, 7) is 4.88. The van der Waals surface area contributed by atoms with E-state index in [-0.39, 0.29) is 11.3 Å². The number of hydrogen-bond acceptors (Lipinski definition) is 4. The Hall–Kier alpha value is -3.28. The highest BCUT2D eigenvalue weighted by atomic mass is 16.5. The maximum Gasteiger partial charge on any atom is 0.316 e. The van der Waals surface area contributed by atoms with Gasteiger partial charge in [0.15, 0.2) is 0 Å². The second kappa shape index (κ2) is 7.38. The van der Waals surface area contributed by atoms with Crippen LogP contribution in [0.1, 0.15) is 18.9 Å². The summed E-state index contributed by atoms with van der Waals surface area (Å²) in [4.78, 5) is 19.8. The van der Waals surface area contributed by atoms with Crippen molar-refractivity contribution in [3.63, 3.8) is 0 Å². The Bertz CT molecular complexity index is 1140. The summed E-state index contributed by atoms with van der Waals surface area (Å²) in [5, 5.41) is 4.42. The molecule has 0 radical (unpaired) electrons. The molecule has 6 nitrogen and oxygen atoms in total. The van der Waals surface area contributed by atoms with Crippen molar-refractivity contribution < 1.29 is 4.74 Å². The van der Waals surface area contributed by atoms with E-state index in [2.05, 4.69) is 52.6 Å². The fraction of sp³-hybridized carbons (Fsp3) is 0.273. The Morgan fingerprint density at radius 3 is 3.04 bits per heavy atom. The number of aromatic amines is 1. The van der Waals surface area contributed by atoms with E-state index < -0.39 is 0 Å². The van der Waals surface area contributed by atoms with Gasteiger partial charge in [0.25, 0.3) is 0 Å². The Balaban J connectivity index is 1.76. The SMILES string of the molecule is COc1cn(CC2=CC=CC(C)C2)c(Nc2cc(C)cc3[nH]ccc23)nc1=O. The monoisotopic (exact) mass is 376 g/mol. The molecular formula is C22H24N4O2. The van der Waals surface area contributed by atoms with E-state index in [1.165, 1.54) is 12.7 Å². The third kappa shape index (κ3) is 3.58. The van der Waals surface area contributed by atoms with E-state index in [0.717, 1.165) is 28.6 Å². The maximum absolute atomic E-state index is 12.3. The molecule has 2 aromatic heterocycles. The van der Waals surface area contributed by atoms with Crippen LogP contribution in [0.15, 0.2) is 59.2 Å². The van der Waals surface area contributed by atoms with Gasteiger partial charge in [0.05, 0.1) is 19.0 Å². The first-order valence-electron chi connectivity index (χ1n) is 9.40. The average molecular weight is 376 g/mol. The smallest absolute Gasteiger partial charge is 0.316 e. The Morgan fingerprint density at radius 2 is 2.25 bits per heavy atom. The number of aromatic nitrogens is 3. The molecule has 1 atom stereocenters. The third-order valence-electron chi connectivity index (χ3n) is 4.97. The van der Waals surface area contributed by atoms with Gasteiger partial charge < -0.3 is 19.6 Å². The highest BCUT2D eigenvalue weighted by molar-refractivity contribution is 5.93. The molecule has 4 rings (SSSR count). The van der Waals surface area contributed by atoms with Crippen LogP contribution in [0.4, 0.5) is 11.6 Å². The van der Waals surface area contributed by atoms with Crippen molar-refractivity contribution in [1.29, 1.82) is 0 Å². The fourth-order valence-electron chi connectivity index (χ4n) is 3.64. The molecule has 0 aliphatic heterocycles. The first-order valence-corrected chi connectivity index (χ1v) is 9.40. The van der Waals surface area contributed by atoms with Crippen molar-refractivity contribution in [2.75, 3.05) is 12.4 Å². The van der Waals surface area contributed by atoms with Crippen molar-refractivity contribution in [3.05, 3.63) is 70.3 Å². The van der Waals surface area contributed by atoms with Gasteiger partial charge in [0.1, 0.15) is 0 Å². The molecule has 144 valence electrons. The summed E-state index contributed by atoms with van der Waals surface area (Å²) in [6, 6.07) is 6.16. The van der Waals surface area contributed by atoms with E-state index in [1.807, 2.05) is 23.8 Å². The lowest BCUT2D eigenvalue weighted by molar-refractivity contribution is 0.402. The number of allylic oxidation sites excluding steroid dienone is 4. The number of nitrogens with one attached hydrogen (secondary N) is 2.